The van der Waals surface area contributed by atoms with Gasteiger partial charge in [-0.25, -0.2) is 0 Å². The first-order valence-corrected chi connectivity index (χ1v) is 6.87. The van der Waals surface area contributed by atoms with Gasteiger partial charge in [0.2, 0.25) is 0 Å². The SMILES string of the molecule is COc1ccc(CC(C#N)c2ccccc2Cl)cc1Cl. The van der Waals surface area contributed by atoms with Gasteiger partial charge < -0.3 is 4.74 Å². The van der Waals surface area contributed by atoms with Crippen molar-refractivity contribution in [2.45, 2.75) is 12.3 Å². The van der Waals surface area contributed by atoms with E-state index in [2.05, 4.69) is 6.07 Å². The molecule has 0 bridgehead atoms. The van der Waals surface area contributed by atoms with Crippen LogP contribution in [0.5, 0.6) is 5.75 Å². The van der Waals surface area contributed by atoms with E-state index in [0.717, 1.165) is 11.1 Å². The number of halogens is 2. The van der Waals surface area contributed by atoms with Gasteiger partial charge in [0.15, 0.2) is 0 Å². The monoisotopic (exact) mass is 305 g/mol. The van der Waals surface area contributed by atoms with Gasteiger partial charge in [0, 0.05) is 5.02 Å². The number of ether oxygens (including phenoxy) is 1. The van der Waals surface area contributed by atoms with Gasteiger partial charge in [0.25, 0.3) is 0 Å². The van der Waals surface area contributed by atoms with Crippen molar-refractivity contribution in [1.82, 2.24) is 0 Å². The summed E-state index contributed by atoms with van der Waals surface area (Å²) in [7, 11) is 1.57. The summed E-state index contributed by atoms with van der Waals surface area (Å²) in [5.41, 5.74) is 1.81. The lowest BCUT2D eigenvalue weighted by Gasteiger charge is -2.12. The lowest BCUT2D eigenvalue weighted by molar-refractivity contribution is 0.415. The fourth-order valence-corrected chi connectivity index (χ4v) is 2.60. The van der Waals surface area contributed by atoms with E-state index in [4.69, 9.17) is 27.9 Å². The summed E-state index contributed by atoms with van der Waals surface area (Å²) >= 11 is 12.2. The molecule has 2 aromatic rings. The predicted octanol–water partition coefficient (Wildman–Crippen LogP) is 4.85. The van der Waals surface area contributed by atoms with Crippen molar-refractivity contribution in [3.63, 3.8) is 0 Å². The van der Waals surface area contributed by atoms with Crippen LogP contribution < -0.4 is 4.74 Å². The Morgan fingerprint density at radius 3 is 2.50 bits per heavy atom. The molecule has 0 spiro atoms. The lowest BCUT2D eigenvalue weighted by atomic mass is 9.93. The molecule has 1 unspecified atom stereocenters. The zero-order chi connectivity index (χ0) is 14.5. The second-order valence-electron chi connectivity index (χ2n) is 4.38. The molecule has 0 saturated heterocycles. The van der Waals surface area contributed by atoms with Crippen molar-refractivity contribution in [1.29, 1.82) is 5.26 Å². The van der Waals surface area contributed by atoms with E-state index in [9.17, 15) is 5.26 Å². The van der Waals surface area contributed by atoms with Crippen LogP contribution in [0.2, 0.25) is 10.0 Å². The van der Waals surface area contributed by atoms with Gasteiger partial charge in [0.1, 0.15) is 5.75 Å². The highest BCUT2D eigenvalue weighted by atomic mass is 35.5. The van der Waals surface area contributed by atoms with E-state index in [1.54, 1.807) is 19.2 Å². The van der Waals surface area contributed by atoms with E-state index >= 15 is 0 Å². The summed E-state index contributed by atoms with van der Waals surface area (Å²) in [6.45, 7) is 0. The summed E-state index contributed by atoms with van der Waals surface area (Å²) in [6.07, 6.45) is 0.559. The average molecular weight is 306 g/mol. The topological polar surface area (TPSA) is 33.0 Å². The molecule has 0 heterocycles. The first kappa shape index (κ1) is 14.7. The molecular weight excluding hydrogens is 293 g/mol. The molecule has 0 aromatic heterocycles. The quantitative estimate of drug-likeness (QED) is 0.808. The van der Waals surface area contributed by atoms with Gasteiger partial charge in [-0.05, 0) is 35.7 Å². The Hall–Kier alpha value is -1.69. The molecule has 2 aromatic carbocycles. The minimum atomic E-state index is -0.298. The maximum atomic E-state index is 9.37. The highest BCUT2D eigenvalue weighted by Gasteiger charge is 2.15. The predicted molar refractivity (Wildman–Crippen MR) is 81.5 cm³/mol. The fraction of sp³-hybridized carbons (Fsp3) is 0.188. The van der Waals surface area contributed by atoms with Crippen molar-refractivity contribution in [3.8, 4) is 11.8 Å². The van der Waals surface area contributed by atoms with Crippen molar-refractivity contribution in [3.05, 3.63) is 63.6 Å². The Morgan fingerprint density at radius 2 is 1.90 bits per heavy atom. The smallest absolute Gasteiger partial charge is 0.137 e. The van der Waals surface area contributed by atoms with Gasteiger partial charge in [0.05, 0.1) is 24.1 Å². The van der Waals surface area contributed by atoms with Crippen molar-refractivity contribution >= 4 is 23.2 Å². The van der Waals surface area contributed by atoms with Crippen molar-refractivity contribution in [2.75, 3.05) is 7.11 Å². The van der Waals surface area contributed by atoms with E-state index < -0.39 is 0 Å². The van der Waals surface area contributed by atoms with Crippen LogP contribution in [-0.2, 0) is 6.42 Å². The highest BCUT2D eigenvalue weighted by molar-refractivity contribution is 6.32. The van der Waals surface area contributed by atoms with Crippen LogP contribution in [0.3, 0.4) is 0 Å². The fourth-order valence-electron chi connectivity index (χ4n) is 2.06. The zero-order valence-electron chi connectivity index (χ0n) is 10.9. The molecule has 0 aliphatic carbocycles. The number of nitrogens with zero attached hydrogens (tertiary/aromatic N) is 1. The van der Waals surface area contributed by atoms with Gasteiger partial charge in [-0.3, -0.25) is 0 Å². The van der Waals surface area contributed by atoms with E-state index in [-0.39, 0.29) is 5.92 Å². The van der Waals surface area contributed by atoms with Crippen LogP contribution in [0.15, 0.2) is 42.5 Å². The number of benzene rings is 2. The van der Waals surface area contributed by atoms with Crippen LogP contribution >= 0.6 is 23.2 Å². The number of hydrogen-bond acceptors (Lipinski definition) is 2. The molecule has 0 aliphatic rings. The maximum absolute atomic E-state index is 9.37. The zero-order valence-corrected chi connectivity index (χ0v) is 12.4. The molecule has 0 saturated carbocycles. The van der Waals surface area contributed by atoms with Gasteiger partial charge in [-0.1, -0.05) is 47.5 Å². The van der Waals surface area contributed by atoms with E-state index in [0.29, 0.717) is 22.2 Å². The van der Waals surface area contributed by atoms with Gasteiger partial charge >= 0.3 is 0 Å². The molecule has 2 rings (SSSR count). The number of hydrogen-bond donors (Lipinski definition) is 0. The largest absolute Gasteiger partial charge is 0.495 e. The maximum Gasteiger partial charge on any atom is 0.137 e. The molecule has 1 atom stereocenters. The molecular formula is C16H13Cl2NO. The Kier molecular flexibility index (Phi) is 4.89. The second kappa shape index (κ2) is 6.65. The summed E-state index contributed by atoms with van der Waals surface area (Å²) in [5, 5.41) is 10.5. The summed E-state index contributed by atoms with van der Waals surface area (Å²) in [4.78, 5) is 0. The molecule has 0 N–H and O–H groups in total. The highest BCUT2D eigenvalue weighted by Crippen LogP contribution is 2.30. The van der Waals surface area contributed by atoms with Gasteiger partial charge in [-0.2, -0.15) is 5.26 Å². The first-order chi connectivity index (χ1) is 9.65. The average Bonchev–Trinajstić information content (AvgIpc) is 2.46. The second-order valence-corrected chi connectivity index (χ2v) is 5.19. The van der Waals surface area contributed by atoms with Crippen LogP contribution in [0, 0.1) is 11.3 Å². The third kappa shape index (κ3) is 3.25. The third-order valence-corrected chi connectivity index (χ3v) is 3.73. The van der Waals surface area contributed by atoms with Crippen LogP contribution in [0.1, 0.15) is 17.0 Å². The minimum Gasteiger partial charge on any atom is -0.495 e. The molecule has 4 heteroatoms. The lowest BCUT2D eigenvalue weighted by Crippen LogP contribution is -2.01. The first-order valence-electron chi connectivity index (χ1n) is 6.12. The van der Waals surface area contributed by atoms with E-state index in [1.165, 1.54) is 0 Å². The molecule has 0 fully saturated rings. The van der Waals surface area contributed by atoms with Crippen LogP contribution in [-0.4, -0.2) is 7.11 Å². The Morgan fingerprint density at radius 1 is 1.15 bits per heavy atom. The molecule has 2 nitrogen and oxygen atoms in total. The summed E-state index contributed by atoms with van der Waals surface area (Å²) in [6, 6.07) is 15.2. The molecule has 20 heavy (non-hydrogen) atoms. The van der Waals surface area contributed by atoms with Gasteiger partial charge in [-0.15, -0.1) is 0 Å². The molecule has 0 radical (unpaired) electrons. The number of nitriles is 1. The number of methoxy groups -OCH3 is 1. The van der Waals surface area contributed by atoms with Crippen LogP contribution in [0.4, 0.5) is 0 Å². The van der Waals surface area contributed by atoms with Crippen molar-refractivity contribution < 1.29 is 4.74 Å². The Bertz CT molecular complexity index is 649. The summed E-state index contributed by atoms with van der Waals surface area (Å²) in [5.74, 6) is 0.329. The van der Waals surface area contributed by atoms with E-state index in [1.807, 2.05) is 30.3 Å². The normalized spacial score (nSPS) is 11.7. The minimum absolute atomic E-state index is 0.298. The molecule has 0 amide bonds. The molecule has 0 aliphatic heterocycles. The van der Waals surface area contributed by atoms with Crippen LogP contribution in [0.25, 0.3) is 0 Å². The Labute approximate surface area is 128 Å². The third-order valence-electron chi connectivity index (χ3n) is 3.09. The molecule has 102 valence electrons. The van der Waals surface area contributed by atoms with Crippen molar-refractivity contribution in [2.24, 2.45) is 0 Å². The number of rotatable bonds is 4. The summed E-state index contributed by atoms with van der Waals surface area (Å²) < 4.78 is 5.12. The standard InChI is InChI=1S/C16H13Cl2NO/c1-20-16-7-6-11(9-15(16)18)8-12(10-19)13-4-2-3-5-14(13)17/h2-7,9,12H,8H2,1H3. The Balaban J connectivity index is 2.26.